The molecule has 0 aliphatic rings. The molecule has 8 heteroatoms. The molecule has 8 nitrogen and oxygen atoms in total. The van der Waals surface area contributed by atoms with Gasteiger partial charge in [0.1, 0.15) is 12.2 Å². The first-order valence-electron chi connectivity index (χ1n) is 9.52. The number of aromatic nitrogens is 6. The molecule has 0 amide bonds. The topological polar surface area (TPSA) is 79.4 Å². The second kappa shape index (κ2) is 7.14. The van der Waals surface area contributed by atoms with Crippen molar-refractivity contribution < 1.29 is 9.47 Å². The summed E-state index contributed by atoms with van der Waals surface area (Å²) < 4.78 is 14.4. The van der Waals surface area contributed by atoms with E-state index < -0.39 is 0 Å². The minimum Gasteiger partial charge on any atom is -0.493 e. The van der Waals surface area contributed by atoms with E-state index >= 15 is 0 Å². The summed E-state index contributed by atoms with van der Waals surface area (Å²) in [4.78, 5) is 4.64. The summed E-state index contributed by atoms with van der Waals surface area (Å²) >= 11 is 0. The van der Waals surface area contributed by atoms with Gasteiger partial charge in [-0.2, -0.15) is 5.10 Å². The third-order valence-electron chi connectivity index (χ3n) is 5.14. The Bertz CT molecular complexity index is 1350. The minimum absolute atomic E-state index is 0.584. The van der Waals surface area contributed by atoms with E-state index in [0.717, 1.165) is 33.8 Å². The van der Waals surface area contributed by atoms with Gasteiger partial charge in [-0.25, -0.2) is 9.67 Å². The summed E-state index contributed by atoms with van der Waals surface area (Å²) in [6.45, 7) is 2.06. The Morgan fingerprint density at radius 1 is 0.900 bits per heavy atom. The molecular weight excluding hydrogens is 380 g/mol. The lowest BCUT2D eigenvalue weighted by Gasteiger charge is -2.09. The van der Waals surface area contributed by atoms with Gasteiger partial charge in [0.15, 0.2) is 22.8 Å². The largest absolute Gasteiger partial charge is 0.493 e. The standard InChI is InChI=1S/C22H20N6O2/c1-14-4-7-16(8-5-14)28-21-17(12-24-28)22-26-25-20(27(22)13-23-21)11-15-6-9-18(29-2)19(10-15)30-3/h4-10,12-13H,11H2,1-3H3. The van der Waals surface area contributed by atoms with Crippen molar-refractivity contribution in [3.8, 4) is 17.2 Å². The monoisotopic (exact) mass is 400 g/mol. The lowest BCUT2D eigenvalue weighted by molar-refractivity contribution is 0.354. The van der Waals surface area contributed by atoms with Crippen LogP contribution in [-0.2, 0) is 6.42 Å². The van der Waals surface area contributed by atoms with E-state index in [9.17, 15) is 0 Å². The Kier molecular flexibility index (Phi) is 4.31. The first-order chi connectivity index (χ1) is 14.7. The maximum Gasteiger partial charge on any atom is 0.174 e. The zero-order valence-electron chi connectivity index (χ0n) is 16.9. The van der Waals surface area contributed by atoms with Crippen molar-refractivity contribution in [3.63, 3.8) is 0 Å². The number of rotatable bonds is 5. The van der Waals surface area contributed by atoms with Crippen molar-refractivity contribution in [2.75, 3.05) is 14.2 Å². The highest BCUT2D eigenvalue weighted by Crippen LogP contribution is 2.28. The van der Waals surface area contributed by atoms with Crippen molar-refractivity contribution in [1.29, 1.82) is 0 Å². The van der Waals surface area contributed by atoms with Crippen LogP contribution in [0.1, 0.15) is 17.0 Å². The zero-order chi connectivity index (χ0) is 20.7. The van der Waals surface area contributed by atoms with E-state index in [1.165, 1.54) is 5.56 Å². The quantitative estimate of drug-likeness (QED) is 0.450. The molecule has 0 spiro atoms. The third-order valence-corrected chi connectivity index (χ3v) is 5.14. The van der Waals surface area contributed by atoms with E-state index in [-0.39, 0.29) is 0 Å². The smallest absolute Gasteiger partial charge is 0.174 e. The molecule has 0 aliphatic carbocycles. The molecule has 0 aliphatic heterocycles. The second-order valence-electron chi connectivity index (χ2n) is 7.05. The van der Waals surface area contributed by atoms with Crippen LogP contribution >= 0.6 is 0 Å². The molecule has 0 saturated carbocycles. The molecule has 30 heavy (non-hydrogen) atoms. The molecule has 0 radical (unpaired) electrons. The van der Waals surface area contributed by atoms with E-state index in [0.29, 0.717) is 17.9 Å². The first-order valence-corrected chi connectivity index (χ1v) is 9.52. The number of fused-ring (bicyclic) bond motifs is 3. The van der Waals surface area contributed by atoms with Crippen LogP contribution in [0.2, 0.25) is 0 Å². The molecule has 2 aromatic carbocycles. The highest BCUT2D eigenvalue weighted by molar-refractivity contribution is 5.89. The highest BCUT2D eigenvalue weighted by Gasteiger charge is 2.15. The number of nitrogens with zero attached hydrogens (tertiary/aromatic N) is 6. The Morgan fingerprint density at radius 2 is 1.70 bits per heavy atom. The maximum atomic E-state index is 5.40. The van der Waals surface area contributed by atoms with Crippen LogP contribution in [0.3, 0.4) is 0 Å². The molecular formula is C22H20N6O2. The fraction of sp³-hybridized carbons (Fsp3) is 0.182. The van der Waals surface area contributed by atoms with Gasteiger partial charge in [-0.05, 0) is 36.8 Å². The summed E-state index contributed by atoms with van der Waals surface area (Å²) in [5.41, 5.74) is 4.67. The van der Waals surface area contributed by atoms with Gasteiger partial charge >= 0.3 is 0 Å². The molecule has 0 unspecified atom stereocenters. The minimum atomic E-state index is 0.584. The molecule has 150 valence electrons. The van der Waals surface area contributed by atoms with Crippen LogP contribution in [0.15, 0.2) is 55.0 Å². The van der Waals surface area contributed by atoms with Gasteiger partial charge < -0.3 is 9.47 Å². The van der Waals surface area contributed by atoms with Crippen LogP contribution in [0, 0.1) is 6.92 Å². The average Bonchev–Trinajstić information content (AvgIpc) is 3.38. The Morgan fingerprint density at radius 3 is 2.47 bits per heavy atom. The summed E-state index contributed by atoms with van der Waals surface area (Å²) in [6.07, 6.45) is 4.12. The van der Waals surface area contributed by atoms with E-state index in [4.69, 9.17) is 9.47 Å². The van der Waals surface area contributed by atoms with Gasteiger partial charge in [0.2, 0.25) is 0 Å². The number of hydrogen-bond acceptors (Lipinski definition) is 6. The Labute approximate surface area is 172 Å². The molecule has 0 saturated heterocycles. The molecule has 5 aromatic rings. The van der Waals surface area contributed by atoms with Crippen molar-refractivity contribution in [2.24, 2.45) is 0 Å². The number of methoxy groups -OCH3 is 2. The molecule has 3 heterocycles. The third kappa shape index (κ3) is 2.93. The molecule has 5 rings (SSSR count). The predicted molar refractivity (Wildman–Crippen MR) is 112 cm³/mol. The van der Waals surface area contributed by atoms with Gasteiger partial charge in [-0.15, -0.1) is 10.2 Å². The zero-order valence-corrected chi connectivity index (χ0v) is 16.9. The molecule has 3 aromatic heterocycles. The van der Waals surface area contributed by atoms with Gasteiger partial charge in [0.25, 0.3) is 0 Å². The van der Waals surface area contributed by atoms with Gasteiger partial charge in [0.05, 0.1) is 31.5 Å². The average molecular weight is 400 g/mol. The van der Waals surface area contributed by atoms with Crippen LogP contribution in [0.5, 0.6) is 11.5 Å². The molecule has 0 bridgehead atoms. The summed E-state index contributed by atoms with van der Waals surface area (Å²) in [5, 5.41) is 14.2. The lowest BCUT2D eigenvalue weighted by Crippen LogP contribution is -2.01. The van der Waals surface area contributed by atoms with E-state index in [2.05, 4.69) is 39.3 Å². The van der Waals surface area contributed by atoms with Crippen molar-refractivity contribution in [3.05, 3.63) is 71.9 Å². The second-order valence-corrected chi connectivity index (χ2v) is 7.05. The van der Waals surface area contributed by atoms with Crippen molar-refractivity contribution in [2.45, 2.75) is 13.3 Å². The maximum absolute atomic E-state index is 5.40. The molecule has 0 atom stereocenters. The molecule has 0 N–H and O–H groups in total. The number of ether oxygens (including phenoxy) is 2. The van der Waals surface area contributed by atoms with E-state index in [1.54, 1.807) is 26.7 Å². The van der Waals surface area contributed by atoms with Gasteiger partial charge in [-0.3, -0.25) is 4.40 Å². The van der Waals surface area contributed by atoms with Crippen LogP contribution in [0.25, 0.3) is 22.4 Å². The number of aryl methyl sites for hydroxylation is 1. The Hall–Kier alpha value is -3.94. The Balaban J connectivity index is 1.54. The van der Waals surface area contributed by atoms with Crippen molar-refractivity contribution >= 4 is 16.7 Å². The fourth-order valence-electron chi connectivity index (χ4n) is 3.53. The summed E-state index contributed by atoms with van der Waals surface area (Å²) in [5.74, 6) is 2.16. The van der Waals surface area contributed by atoms with Crippen molar-refractivity contribution in [1.82, 2.24) is 29.4 Å². The summed E-state index contributed by atoms with van der Waals surface area (Å²) in [6, 6.07) is 14.0. The van der Waals surface area contributed by atoms with Crippen LogP contribution < -0.4 is 9.47 Å². The number of hydrogen-bond donors (Lipinski definition) is 0. The summed E-state index contributed by atoms with van der Waals surface area (Å²) in [7, 11) is 3.25. The molecule has 0 fully saturated rings. The lowest BCUT2D eigenvalue weighted by atomic mass is 10.1. The normalized spacial score (nSPS) is 11.3. The predicted octanol–water partition coefficient (Wildman–Crippen LogP) is 3.38. The fourth-order valence-corrected chi connectivity index (χ4v) is 3.53. The van der Waals surface area contributed by atoms with Gasteiger partial charge in [0, 0.05) is 6.42 Å². The van der Waals surface area contributed by atoms with E-state index in [1.807, 2.05) is 39.4 Å². The van der Waals surface area contributed by atoms with Crippen LogP contribution in [-0.4, -0.2) is 43.6 Å². The van der Waals surface area contributed by atoms with Gasteiger partial charge in [-0.1, -0.05) is 23.8 Å². The SMILES string of the molecule is COc1ccc(Cc2nnc3c4cnn(-c5ccc(C)cc5)c4ncn23)cc1OC. The first kappa shape index (κ1) is 18.1. The van der Waals surface area contributed by atoms with Crippen LogP contribution in [0.4, 0.5) is 0 Å². The highest BCUT2D eigenvalue weighted by atomic mass is 16.5. The number of benzene rings is 2.